The number of alkyl halides is 2. The molecular weight excluding hydrogens is 346 g/mol. The van der Waals surface area contributed by atoms with Crippen molar-refractivity contribution in [3.63, 3.8) is 0 Å². The van der Waals surface area contributed by atoms with E-state index in [9.17, 15) is 23.5 Å². The fraction of sp³-hybridized carbons (Fsp3) is 0.389. The lowest BCUT2D eigenvalue weighted by molar-refractivity contribution is -0.139. The van der Waals surface area contributed by atoms with Gasteiger partial charge in [-0.1, -0.05) is 23.4 Å². The van der Waals surface area contributed by atoms with Crippen molar-refractivity contribution in [1.29, 1.82) is 0 Å². The minimum atomic E-state index is -2.94. The average Bonchev–Trinajstić information content (AvgIpc) is 2.97. The number of carboxylic acids is 1. The maximum atomic E-state index is 13.7. The number of aromatic nitrogens is 1. The summed E-state index contributed by atoms with van der Waals surface area (Å²) in [6.07, 6.45) is -1.02. The normalized spacial score (nSPS) is 16.6. The number of amides is 1. The summed E-state index contributed by atoms with van der Waals surface area (Å²) >= 11 is 0. The van der Waals surface area contributed by atoms with Gasteiger partial charge in [-0.05, 0) is 30.5 Å². The molecule has 2 N–H and O–H groups in total. The number of carbonyl (C=O) groups excluding carboxylic acids is 1. The number of halogens is 2. The Balaban J connectivity index is 1.90. The Morgan fingerprint density at radius 2 is 2.08 bits per heavy atom. The van der Waals surface area contributed by atoms with E-state index in [0.29, 0.717) is 5.56 Å². The van der Waals surface area contributed by atoms with Gasteiger partial charge in [0.25, 0.3) is 11.8 Å². The largest absolute Gasteiger partial charge is 0.479 e. The second-order valence-corrected chi connectivity index (χ2v) is 6.50. The van der Waals surface area contributed by atoms with E-state index in [1.807, 2.05) is 13.0 Å². The summed E-state index contributed by atoms with van der Waals surface area (Å²) in [6, 6.07) is 3.81. The van der Waals surface area contributed by atoms with Crippen LogP contribution in [0.3, 0.4) is 0 Å². The average molecular weight is 364 g/mol. The van der Waals surface area contributed by atoms with Gasteiger partial charge in [0.15, 0.2) is 11.7 Å². The zero-order chi connectivity index (χ0) is 19.1. The van der Waals surface area contributed by atoms with Crippen LogP contribution in [0.4, 0.5) is 8.78 Å². The number of hydrogen-bond donors (Lipinski definition) is 2. The van der Waals surface area contributed by atoms with Crippen LogP contribution >= 0.6 is 0 Å². The molecule has 0 radical (unpaired) electrons. The van der Waals surface area contributed by atoms with Crippen molar-refractivity contribution in [3.8, 4) is 0 Å². The van der Waals surface area contributed by atoms with Crippen molar-refractivity contribution in [2.45, 2.75) is 45.1 Å². The first kappa shape index (κ1) is 18.0. The Bertz CT molecular complexity index is 876. The first-order chi connectivity index (χ1) is 12.2. The van der Waals surface area contributed by atoms with Crippen LogP contribution in [-0.2, 0) is 17.6 Å². The molecule has 0 saturated heterocycles. The molecule has 0 fully saturated rings. The van der Waals surface area contributed by atoms with Crippen LogP contribution in [0, 0.1) is 13.8 Å². The number of rotatable bonds is 4. The molecule has 1 unspecified atom stereocenters. The lowest BCUT2D eigenvalue weighted by Crippen LogP contribution is -2.35. The maximum Gasteiger partial charge on any atom is 0.330 e. The van der Waals surface area contributed by atoms with Crippen LogP contribution in [0.2, 0.25) is 0 Å². The molecule has 138 valence electrons. The first-order valence-electron chi connectivity index (χ1n) is 8.14. The summed E-state index contributed by atoms with van der Waals surface area (Å²) < 4.78 is 32.3. The number of aryl methyl sites for hydroxylation is 2. The third-order valence-corrected chi connectivity index (χ3v) is 4.72. The molecule has 0 bridgehead atoms. The van der Waals surface area contributed by atoms with Gasteiger partial charge in [0, 0.05) is 24.8 Å². The molecular formula is C18H18F2N2O4. The SMILES string of the molecule is Cc1cccc(C(NC(=O)c2noc3c2CC(F)(F)CC3)C(=O)O)c1C. The highest BCUT2D eigenvalue weighted by Crippen LogP contribution is 2.34. The highest BCUT2D eigenvalue weighted by Gasteiger charge is 2.39. The van der Waals surface area contributed by atoms with E-state index in [1.54, 1.807) is 19.1 Å². The number of aliphatic carboxylic acids is 1. The van der Waals surface area contributed by atoms with Gasteiger partial charge in [0.05, 0.1) is 0 Å². The van der Waals surface area contributed by atoms with E-state index in [4.69, 9.17) is 4.52 Å². The standard InChI is InChI=1S/C18H18F2N2O4/c1-9-4-3-5-11(10(9)2)15(17(24)25)21-16(23)14-12-8-18(19,20)7-6-13(12)26-22-14/h3-5,15H,6-8H2,1-2H3,(H,21,23)(H,24,25). The summed E-state index contributed by atoms with van der Waals surface area (Å²) in [5.41, 5.74) is 1.80. The van der Waals surface area contributed by atoms with Gasteiger partial charge in [0.2, 0.25) is 0 Å². The van der Waals surface area contributed by atoms with Gasteiger partial charge in [0.1, 0.15) is 5.76 Å². The van der Waals surface area contributed by atoms with Crippen molar-refractivity contribution in [3.05, 3.63) is 51.9 Å². The molecule has 3 rings (SSSR count). The second kappa shape index (κ2) is 6.51. The topological polar surface area (TPSA) is 92.4 Å². The summed E-state index contributed by atoms with van der Waals surface area (Å²) in [4.78, 5) is 24.2. The van der Waals surface area contributed by atoms with Gasteiger partial charge in [-0.2, -0.15) is 0 Å². The summed E-state index contributed by atoms with van der Waals surface area (Å²) in [6.45, 7) is 3.58. The monoisotopic (exact) mass is 364 g/mol. The molecule has 0 aliphatic heterocycles. The highest BCUT2D eigenvalue weighted by atomic mass is 19.3. The van der Waals surface area contributed by atoms with Crippen LogP contribution in [0.25, 0.3) is 0 Å². The molecule has 1 atom stereocenters. The van der Waals surface area contributed by atoms with Gasteiger partial charge in [-0.3, -0.25) is 4.79 Å². The zero-order valence-electron chi connectivity index (χ0n) is 14.3. The van der Waals surface area contributed by atoms with Gasteiger partial charge in [-0.25, -0.2) is 13.6 Å². The number of fused-ring (bicyclic) bond motifs is 1. The molecule has 1 aliphatic rings. The Morgan fingerprint density at radius 3 is 2.77 bits per heavy atom. The van der Waals surface area contributed by atoms with Crippen LogP contribution in [0.5, 0.6) is 0 Å². The molecule has 1 heterocycles. The van der Waals surface area contributed by atoms with Gasteiger partial charge < -0.3 is 14.9 Å². The number of benzene rings is 1. The quantitative estimate of drug-likeness (QED) is 0.870. The number of nitrogens with one attached hydrogen (secondary N) is 1. The first-order valence-corrected chi connectivity index (χ1v) is 8.14. The summed E-state index contributed by atoms with van der Waals surface area (Å²) in [5.74, 6) is -4.79. The predicted octanol–water partition coefficient (Wildman–Crippen LogP) is 2.97. The molecule has 1 amide bonds. The highest BCUT2D eigenvalue weighted by molar-refractivity contribution is 5.96. The van der Waals surface area contributed by atoms with Crippen molar-refractivity contribution >= 4 is 11.9 Å². The molecule has 8 heteroatoms. The smallest absolute Gasteiger partial charge is 0.330 e. The van der Waals surface area contributed by atoms with Crippen LogP contribution < -0.4 is 5.32 Å². The second-order valence-electron chi connectivity index (χ2n) is 6.50. The third kappa shape index (κ3) is 3.31. The minimum absolute atomic E-state index is 0.0119. The van der Waals surface area contributed by atoms with E-state index in [0.717, 1.165) is 11.1 Å². The molecule has 26 heavy (non-hydrogen) atoms. The van der Waals surface area contributed by atoms with Gasteiger partial charge in [-0.15, -0.1) is 0 Å². The number of hydrogen-bond acceptors (Lipinski definition) is 4. The van der Waals surface area contributed by atoms with Crippen molar-refractivity contribution in [2.24, 2.45) is 0 Å². The summed E-state index contributed by atoms with van der Waals surface area (Å²) in [5, 5.41) is 15.5. The Hall–Kier alpha value is -2.77. The zero-order valence-corrected chi connectivity index (χ0v) is 14.3. The number of nitrogens with zero attached hydrogens (tertiary/aromatic N) is 1. The maximum absolute atomic E-state index is 13.7. The minimum Gasteiger partial charge on any atom is -0.479 e. The predicted molar refractivity (Wildman–Crippen MR) is 87.2 cm³/mol. The van der Waals surface area contributed by atoms with Gasteiger partial charge >= 0.3 is 5.97 Å². The van der Waals surface area contributed by atoms with E-state index in [-0.39, 0.29) is 29.9 Å². The molecule has 2 aromatic rings. The molecule has 0 spiro atoms. The van der Waals surface area contributed by atoms with Crippen LogP contribution in [-0.4, -0.2) is 28.1 Å². The molecule has 0 saturated carbocycles. The fourth-order valence-electron chi connectivity index (χ4n) is 3.10. The summed E-state index contributed by atoms with van der Waals surface area (Å²) in [7, 11) is 0. The Kier molecular flexibility index (Phi) is 4.52. The molecule has 6 nitrogen and oxygen atoms in total. The van der Waals surface area contributed by atoms with Crippen LogP contribution in [0.1, 0.15) is 51.0 Å². The molecule has 1 aromatic heterocycles. The van der Waals surface area contributed by atoms with E-state index in [2.05, 4.69) is 10.5 Å². The van der Waals surface area contributed by atoms with E-state index in [1.165, 1.54) is 0 Å². The number of carboxylic acid groups (broad SMARTS) is 1. The Morgan fingerprint density at radius 1 is 1.35 bits per heavy atom. The van der Waals surface area contributed by atoms with Crippen molar-refractivity contribution < 1.29 is 28.0 Å². The molecule has 1 aromatic carbocycles. The van der Waals surface area contributed by atoms with Crippen LogP contribution in [0.15, 0.2) is 22.7 Å². The molecule has 1 aliphatic carbocycles. The van der Waals surface area contributed by atoms with E-state index < -0.39 is 30.3 Å². The lowest BCUT2D eigenvalue weighted by atomic mass is 9.92. The lowest BCUT2D eigenvalue weighted by Gasteiger charge is -2.21. The van der Waals surface area contributed by atoms with Crippen molar-refractivity contribution in [2.75, 3.05) is 0 Å². The third-order valence-electron chi connectivity index (χ3n) is 4.72. The van der Waals surface area contributed by atoms with Crippen molar-refractivity contribution in [1.82, 2.24) is 10.5 Å². The fourth-order valence-corrected chi connectivity index (χ4v) is 3.10. The number of carbonyl (C=O) groups is 2. The Labute approximate surface area is 148 Å². The van der Waals surface area contributed by atoms with E-state index >= 15 is 0 Å².